The fourth-order valence-electron chi connectivity index (χ4n) is 2.48. The molecule has 1 aliphatic rings. The highest BCUT2D eigenvalue weighted by Gasteiger charge is 2.24. The van der Waals surface area contributed by atoms with E-state index in [-0.39, 0.29) is 17.8 Å². The number of nitrogens with one attached hydrogen (secondary N) is 1. The van der Waals surface area contributed by atoms with Crippen molar-refractivity contribution in [2.75, 3.05) is 6.54 Å². The summed E-state index contributed by atoms with van der Waals surface area (Å²) in [4.78, 5) is 24.2. The maximum Gasteiger partial charge on any atom is 0.338 e. The van der Waals surface area contributed by atoms with Gasteiger partial charge in [-0.1, -0.05) is 18.6 Å². The van der Waals surface area contributed by atoms with Crippen LogP contribution in [0.1, 0.15) is 61.9 Å². The molecule has 0 aromatic heterocycles. The summed E-state index contributed by atoms with van der Waals surface area (Å²) in [7, 11) is 0. The molecule has 1 aromatic carbocycles. The Morgan fingerprint density at radius 3 is 2.76 bits per heavy atom. The number of carbonyl (C=O) groups excluding carboxylic acids is 2. The highest BCUT2D eigenvalue weighted by atomic mass is 16.6. The fraction of sp³-hybridized carbons (Fsp3) is 0.529. The van der Waals surface area contributed by atoms with E-state index in [1.165, 1.54) is 0 Å². The van der Waals surface area contributed by atoms with Gasteiger partial charge in [0.15, 0.2) is 0 Å². The molecule has 21 heavy (non-hydrogen) atoms. The van der Waals surface area contributed by atoms with Gasteiger partial charge in [0, 0.05) is 6.54 Å². The number of ether oxygens (including phenoxy) is 1. The molecule has 4 heteroatoms. The van der Waals surface area contributed by atoms with Gasteiger partial charge in [-0.25, -0.2) is 4.79 Å². The molecule has 0 aliphatic carbocycles. The van der Waals surface area contributed by atoms with Crippen molar-refractivity contribution in [1.82, 2.24) is 5.32 Å². The van der Waals surface area contributed by atoms with E-state index in [9.17, 15) is 9.59 Å². The summed E-state index contributed by atoms with van der Waals surface area (Å²) in [6.45, 7) is 6.26. The zero-order chi connectivity index (χ0) is 15.5. The number of hydrogen-bond donors (Lipinski definition) is 1. The Morgan fingerprint density at radius 2 is 2.05 bits per heavy atom. The predicted octanol–water partition coefficient (Wildman–Crippen LogP) is 3.03. The minimum atomic E-state index is -0.521. The molecule has 1 heterocycles. The molecule has 1 aromatic rings. The summed E-state index contributed by atoms with van der Waals surface area (Å²) in [5, 5.41) is 2.92. The first-order valence-corrected chi connectivity index (χ1v) is 7.48. The molecule has 1 N–H and O–H groups in total. The number of amides is 1. The maximum absolute atomic E-state index is 12.1. The highest BCUT2D eigenvalue weighted by molar-refractivity contribution is 5.91. The summed E-state index contributed by atoms with van der Waals surface area (Å²) >= 11 is 0. The van der Waals surface area contributed by atoms with Crippen LogP contribution in [0.15, 0.2) is 24.3 Å². The summed E-state index contributed by atoms with van der Waals surface area (Å²) < 4.78 is 5.38. The van der Waals surface area contributed by atoms with Crippen molar-refractivity contribution in [2.24, 2.45) is 0 Å². The van der Waals surface area contributed by atoms with Gasteiger partial charge in [-0.3, -0.25) is 4.79 Å². The largest absolute Gasteiger partial charge is 0.456 e. The van der Waals surface area contributed by atoms with E-state index in [1.807, 2.05) is 32.9 Å². The van der Waals surface area contributed by atoms with Crippen molar-refractivity contribution in [2.45, 2.75) is 51.6 Å². The normalized spacial score (nSPS) is 19.6. The summed E-state index contributed by atoms with van der Waals surface area (Å²) in [5.74, 6) is -0.470. The third-order valence-electron chi connectivity index (χ3n) is 3.46. The van der Waals surface area contributed by atoms with Gasteiger partial charge >= 0.3 is 5.97 Å². The first-order valence-electron chi connectivity index (χ1n) is 7.48. The van der Waals surface area contributed by atoms with Crippen LogP contribution < -0.4 is 5.32 Å². The summed E-state index contributed by atoms with van der Waals surface area (Å²) in [5.41, 5.74) is 0.865. The monoisotopic (exact) mass is 289 g/mol. The van der Waals surface area contributed by atoms with E-state index in [1.54, 1.807) is 12.1 Å². The predicted molar refractivity (Wildman–Crippen MR) is 81.2 cm³/mol. The molecule has 1 atom stereocenters. The minimum Gasteiger partial charge on any atom is -0.456 e. The van der Waals surface area contributed by atoms with Crippen molar-refractivity contribution in [3.63, 3.8) is 0 Å². The Morgan fingerprint density at radius 1 is 1.29 bits per heavy atom. The van der Waals surface area contributed by atoms with E-state index in [4.69, 9.17) is 4.74 Å². The van der Waals surface area contributed by atoms with E-state index in [2.05, 4.69) is 5.32 Å². The lowest BCUT2D eigenvalue weighted by Crippen LogP contribution is -2.28. The lowest BCUT2D eigenvalue weighted by atomic mass is 9.92. The first kappa shape index (κ1) is 15.5. The van der Waals surface area contributed by atoms with Crippen LogP contribution in [-0.4, -0.2) is 24.0 Å². The first-order chi connectivity index (χ1) is 9.87. The van der Waals surface area contributed by atoms with Gasteiger partial charge in [0.2, 0.25) is 5.91 Å². The van der Waals surface area contributed by atoms with Crippen LogP contribution in [0.5, 0.6) is 0 Å². The Kier molecular flexibility index (Phi) is 4.66. The smallest absolute Gasteiger partial charge is 0.338 e. The van der Waals surface area contributed by atoms with Gasteiger partial charge in [-0.2, -0.15) is 0 Å². The number of rotatable bonds is 2. The second-order valence-electron chi connectivity index (χ2n) is 6.47. The lowest BCUT2D eigenvalue weighted by molar-refractivity contribution is -0.122. The van der Waals surface area contributed by atoms with Crippen LogP contribution in [0.3, 0.4) is 0 Å². The second-order valence-corrected chi connectivity index (χ2v) is 6.47. The standard InChI is InChI=1S/C17H23NO3/c1-17(2,3)21-16(20)13-8-6-7-12(11-13)14-9-4-5-10-18-15(14)19/h6-8,11,14H,4-5,9-10H2,1-3H3,(H,18,19). The zero-order valence-electron chi connectivity index (χ0n) is 12.9. The topological polar surface area (TPSA) is 55.4 Å². The number of esters is 1. The quantitative estimate of drug-likeness (QED) is 0.851. The molecule has 1 saturated heterocycles. The van der Waals surface area contributed by atoms with Crippen molar-refractivity contribution >= 4 is 11.9 Å². The Hall–Kier alpha value is -1.84. The Bertz CT molecular complexity index is 531. The molecular formula is C17H23NO3. The van der Waals surface area contributed by atoms with Crippen LogP contribution in [0, 0.1) is 0 Å². The van der Waals surface area contributed by atoms with E-state index in [0.717, 1.165) is 31.4 Å². The highest BCUT2D eigenvalue weighted by Crippen LogP contribution is 2.25. The van der Waals surface area contributed by atoms with Gasteiger partial charge in [0.05, 0.1) is 11.5 Å². The Balaban J connectivity index is 2.20. The van der Waals surface area contributed by atoms with Gasteiger partial charge in [0.25, 0.3) is 0 Å². The van der Waals surface area contributed by atoms with Crippen LogP contribution in [0.2, 0.25) is 0 Å². The molecule has 0 spiro atoms. The summed E-state index contributed by atoms with van der Waals surface area (Å²) in [6, 6.07) is 7.23. The number of carbonyl (C=O) groups is 2. The van der Waals surface area contributed by atoms with E-state index in [0.29, 0.717) is 5.56 Å². The molecule has 1 amide bonds. The number of benzene rings is 1. The minimum absolute atomic E-state index is 0.0499. The van der Waals surface area contributed by atoms with Crippen LogP contribution in [-0.2, 0) is 9.53 Å². The van der Waals surface area contributed by atoms with Crippen molar-refractivity contribution in [3.05, 3.63) is 35.4 Å². The second kappa shape index (κ2) is 6.29. The van der Waals surface area contributed by atoms with Crippen molar-refractivity contribution in [1.29, 1.82) is 0 Å². The van der Waals surface area contributed by atoms with Gasteiger partial charge in [-0.15, -0.1) is 0 Å². The maximum atomic E-state index is 12.1. The Labute approximate surface area is 125 Å². The lowest BCUT2D eigenvalue weighted by Gasteiger charge is -2.20. The van der Waals surface area contributed by atoms with E-state index < -0.39 is 5.60 Å². The molecule has 1 fully saturated rings. The van der Waals surface area contributed by atoms with E-state index >= 15 is 0 Å². The van der Waals surface area contributed by atoms with Crippen molar-refractivity contribution < 1.29 is 14.3 Å². The van der Waals surface area contributed by atoms with Crippen LogP contribution >= 0.6 is 0 Å². The molecule has 1 aliphatic heterocycles. The average molecular weight is 289 g/mol. The molecule has 0 saturated carbocycles. The van der Waals surface area contributed by atoms with Crippen LogP contribution in [0.4, 0.5) is 0 Å². The molecule has 114 valence electrons. The van der Waals surface area contributed by atoms with Gasteiger partial charge in [0.1, 0.15) is 5.60 Å². The third-order valence-corrected chi connectivity index (χ3v) is 3.46. The molecule has 0 bridgehead atoms. The van der Waals surface area contributed by atoms with Crippen molar-refractivity contribution in [3.8, 4) is 0 Å². The molecule has 2 rings (SSSR count). The molecule has 0 radical (unpaired) electrons. The third kappa shape index (κ3) is 4.31. The zero-order valence-corrected chi connectivity index (χ0v) is 12.9. The molecular weight excluding hydrogens is 266 g/mol. The average Bonchev–Trinajstić information content (AvgIpc) is 2.61. The molecule has 4 nitrogen and oxygen atoms in total. The number of hydrogen-bond acceptors (Lipinski definition) is 3. The van der Waals surface area contributed by atoms with Crippen LogP contribution in [0.25, 0.3) is 0 Å². The van der Waals surface area contributed by atoms with Gasteiger partial charge in [-0.05, 0) is 51.3 Å². The molecule has 1 unspecified atom stereocenters. The SMILES string of the molecule is CC(C)(C)OC(=O)c1cccc(C2CCCCNC2=O)c1. The fourth-order valence-corrected chi connectivity index (χ4v) is 2.48. The van der Waals surface area contributed by atoms with Gasteiger partial charge < -0.3 is 10.1 Å². The summed E-state index contributed by atoms with van der Waals surface area (Å²) in [6.07, 6.45) is 2.84.